The van der Waals surface area contributed by atoms with Crippen molar-refractivity contribution in [2.45, 2.75) is 76.3 Å². The normalized spacial score (nSPS) is 19.4. The molecule has 3 aliphatic rings. The number of carboxylic acid groups (broad SMARTS) is 1. The lowest BCUT2D eigenvalue weighted by molar-refractivity contribution is -0.163. The minimum absolute atomic E-state index is 0.0144. The topological polar surface area (TPSA) is 149 Å². The van der Waals surface area contributed by atoms with Crippen LogP contribution in [-0.4, -0.2) is 106 Å². The molecule has 6 rings (SSSR count). The van der Waals surface area contributed by atoms with Gasteiger partial charge in [0.15, 0.2) is 12.2 Å². The number of nitrogens with one attached hydrogen (secondary N) is 1. The first kappa shape index (κ1) is 38.4. The van der Waals surface area contributed by atoms with E-state index in [1.807, 2.05) is 61.2 Å². The number of carbonyl (C=O) groups is 3. The van der Waals surface area contributed by atoms with E-state index in [1.165, 1.54) is 17.0 Å². The molecule has 53 heavy (non-hydrogen) atoms. The van der Waals surface area contributed by atoms with Crippen molar-refractivity contribution in [2.75, 3.05) is 32.8 Å². The summed E-state index contributed by atoms with van der Waals surface area (Å²) >= 11 is 3.38. The summed E-state index contributed by atoms with van der Waals surface area (Å²) in [6, 6.07) is 17.5. The van der Waals surface area contributed by atoms with E-state index in [2.05, 4.69) is 21.2 Å². The van der Waals surface area contributed by atoms with Crippen LogP contribution in [0, 0.1) is 19.7 Å². The summed E-state index contributed by atoms with van der Waals surface area (Å²) in [4.78, 5) is 42.4. The number of nitrogens with zero attached hydrogens (tertiary/aromatic N) is 2. The van der Waals surface area contributed by atoms with Gasteiger partial charge < -0.3 is 39.9 Å². The van der Waals surface area contributed by atoms with Crippen molar-refractivity contribution in [3.63, 3.8) is 0 Å². The predicted octanol–water partition coefficient (Wildman–Crippen LogP) is 4.42. The summed E-state index contributed by atoms with van der Waals surface area (Å²) in [7, 11) is 0. The zero-order valence-electron chi connectivity index (χ0n) is 29.8. The second kappa shape index (κ2) is 16.8. The zero-order valence-corrected chi connectivity index (χ0v) is 31.4. The number of carboxylic acids is 1. The van der Waals surface area contributed by atoms with Crippen LogP contribution in [-0.2, 0) is 20.8 Å². The number of aryl methyl sites for hydroxylation is 3. The molecule has 4 N–H and O–H groups in total. The molecule has 3 aromatic carbocycles. The average molecular weight is 795 g/mol. The molecule has 2 amide bonds. The number of aliphatic carboxylic acids is 1. The summed E-state index contributed by atoms with van der Waals surface area (Å²) in [5.74, 6) is -1.94. The summed E-state index contributed by atoms with van der Waals surface area (Å²) in [5, 5.41) is 33.0. The van der Waals surface area contributed by atoms with Gasteiger partial charge in [-0.05, 0) is 114 Å². The molecule has 0 radical (unpaired) electrons. The molecule has 0 spiro atoms. The SMILES string of the molecule is Cc1ccc(OCCN(C(=O)C2=C(c3ccc(CCCOc4cc(F)ccc4Br)cc3)C[C@@H]3CN(C(=O)[C@@H](O)[C@@H](O)C(=O)O)C[C@H]2N3)C2CC2)cc1C. The van der Waals surface area contributed by atoms with Crippen molar-refractivity contribution in [1.82, 2.24) is 15.1 Å². The first-order valence-electron chi connectivity index (χ1n) is 17.9. The van der Waals surface area contributed by atoms with E-state index >= 15 is 0 Å². The Morgan fingerprint density at radius 3 is 2.42 bits per heavy atom. The van der Waals surface area contributed by atoms with Crippen LogP contribution in [0.3, 0.4) is 0 Å². The minimum Gasteiger partial charge on any atom is -0.492 e. The Morgan fingerprint density at radius 1 is 0.962 bits per heavy atom. The highest BCUT2D eigenvalue weighted by Gasteiger charge is 2.45. The zero-order chi connectivity index (χ0) is 37.8. The molecule has 2 aliphatic heterocycles. The van der Waals surface area contributed by atoms with E-state index in [1.54, 1.807) is 6.07 Å². The van der Waals surface area contributed by atoms with Gasteiger partial charge in [0.25, 0.3) is 11.8 Å². The van der Waals surface area contributed by atoms with Crippen molar-refractivity contribution >= 4 is 39.3 Å². The smallest absolute Gasteiger partial charge is 0.335 e. The summed E-state index contributed by atoms with van der Waals surface area (Å²) in [5.41, 5.74) is 5.63. The number of halogens is 2. The number of fused-ring (bicyclic) bond motifs is 2. The summed E-state index contributed by atoms with van der Waals surface area (Å²) in [6.45, 7) is 5.30. The second-order valence-corrected chi connectivity index (χ2v) is 14.9. The highest BCUT2D eigenvalue weighted by Crippen LogP contribution is 2.37. The van der Waals surface area contributed by atoms with Gasteiger partial charge in [-0.25, -0.2) is 9.18 Å². The maximum Gasteiger partial charge on any atom is 0.335 e. The number of piperazine rings is 1. The molecule has 2 heterocycles. The largest absolute Gasteiger partial charge is 0.492 e. The molecular formula is C40H45BrFN3O8. The lowest BCUT2D eigenvalue weighted by atomic mass is 9.82. The number of hydrogen-bond donors (Lipinski definition) is 4. The molecule has 0 aromatic heterocycles. The van der Waals surface area contributed by atoms with E-state index in [0.717, 1.165) is 52.8 Å². The van der Waals surface area contributed by atoms with Crippen molar-refractivity contribution in [1.29, 1.82) is 0 Å². The Kier molecular flexibility index (Phi) is 12.2. The molecule has 2 bridgehead atoms. The lowest BCUT2D eigenvalue weighted by Gasteiger charge is -2.45. The number of ether oxygens (including phenoxy) is 2. The molecule has 2 fully saturated rings. The molecule has 1 aliphatic carbocycles. The Balaban J connectivity index is 1.22. The van der Waals surface area contributed by atoms with Gasteiger partial charge in [-0.3, -0.25) is 9.59 Å². The molecule has 282 valence electrons. The minimum atomic E-state index is -2.26. The van der Waals surface area contributed by atoms with Crippen LogP contribution < -0.4 is 14.8 Å². The predicted molar refractivity (Wildman–Crippen MR) is 199 cm³/mol. The maximum absolute atomic E-state index is 14.7. The number of amides is 2. The van der Waals surface area contributed by atoms with Gasteiger partial charge >= 0.3 is 5.97 Å². The number of aliphatic hydroxyl groups is 2. The van der Waals surface area contributed by atoms with E-state index in [9.17, 15) is 34.1 Å². The molecule has 4 atom stereocenters. The van der Waals surface area contributed by atoms with Crippen LogP contribution in [0.4, 0.5) is 4.39 Å². The van der Waals surface area contributed by atoms with E-state index in [4.69, 9.17) is 9.47 Å². The van der Waals surface area contributed by atoms with Crippen LogP contribution in [0.2, 0.25) is 0 Å². The van der Waals surface area contributed by atoms with Crippen LogP contribution in [0.25, 0.3) is 5.57 Å². The number of carbonyl (C=O) groups excluding carboxylic acids is 2. The quantitative estimate of drug-likeness (QED) is 0.164. The molecule has 3 aromatic rings. The summed E-state index contributed by atoms with van der Waals surface area (Å²) < 4.78 is 26.2. The van der Waals surface area contributed by atoms with E-state index < -0.39 is 30.1 Å². The third-order valence-electron chi connectivity index (χ3n) is 10.1. The van der Waals surface area contributed by atoms with Crippen LogP contribution in [0.1, 0.15) is 47.9 Å². The number of rotatable bonds is 15. The maximum atomic E-state index is 14.7. The molecule has 1 saturated heterocycles. The van der Waals surface area contributed by atoms with Gasteiger partial charge in [0.1, 0.15) is 23.9 Å². The van der Waals surface area contributed by atoms with Gasteiger partial charge in [0.05, 0.1) is 23.7 Å². The monoisotopic (exact) mass is 793 g/mol. The van der Waals surface area contributed by atoms with Gasteiger partial charge in [0, 0.05) is 36.8 Å². The van der Waals surface area contributed by atoms with Crippen molar-refractivity contribution in [2.24, 2.45) is 0 Å². The highest BCUT2D eigenvalue weighted by molar-refractivity contribution is 9.10. The van der Waals surface area contributed by atoms with E-state index in [0.29, 0.717) is 48.4 Å². The lowest BCUT2D eigenvalue weighted by Crippen LogP contribution is -2.64. The first-order chi connectivity index (χ1) is 25.4. The van der Waals surface area contributed by atoms with Gasteiger partial charge in [-0.1, -0.05) is 30.3 Å². The van der Waals surface area contributed by atoms with Crippen molar-refractivity contribution in [3.8, 4) is 11.5 Å². The molecule has 11 nitrogen and oxygen atoms in total. The Morgan fingerprint density at radius 2 is 1.72 bits per heavy atom. The number of aliphatic hydroxyl groups excluding tert-OH is 2. The Hall–Kier alpha value is -4.30. The fraction of sp³-hybridized carbons (Fsp3) is 0.425. The third-order valence-corrected chi connectivity index (χ3v) is 10.8. The summed E-state index contributed by atoms with van der Waals surface area (Å²) in [6.07, 6.45) is -0.813. The van der Waals surface area contributed by atoms with Crippen molar-refractivity contribution < 1.29 is 43.6 Å². The molecule has 13 heteroatoms. The Bertz CT molecular complexity index is 1870. The van der Waals surface area contributed by atoms with Crippen molar-refractivity contribution in [3.05, 3.63) is 98.8 Å². The number of hydrogen-bond acceptors (Lipinski definition) is 8. The van der Waals surface area contributed by atoms with Crippen LogP contribution in [0.5, 0.6) is 11.5 Å². The van der Waals surface area contributed by atoms with Gasteiger partial charge in [-0.2, -0.15) is 0 Å². The standard InChI is InChI=1S/C40H45BrFN3O8/c1-23-5-13-30(18-24(23)2)52-17-15-45(29-11-12-29)38(48)35-31(20-28-21-44(22-33(35)43-28)39(49)36(46)37(47)40(50)51)26-8-6-25(7-9-26)4-3-16-53-34-19-27(42)10-14-32(34)41/h5-10,13-14,18-19,28-29,33,36-37,43,46-47H,3-4,11-12,15-17,20-22H2,1-2H3,(H,50,51)/t28-,33-,36+,37-/m1/s1. The molecule has 1 saturated carbocycles. The van der Waals surface area contributed by atoms with Crippen LogP contribution >= 0.6 is 15.9 Å². The fourth-order valence-corrected chi connectivity index (χ4v) is 7.34. The highest BCUT2D eigenvalue weighted by atomic mass is 79.9. The second-order valence-electron chi connectivity index (χ2n) is 14.0. The van der Waals surface area contributed by atoms with Gasteiger partial charge in [-0.15, -0.1) is 0 Å². The number of benzene rings is 3. The van der Waals surface area contributed by atoms with Gasteiger partial charge in [0.2, 0.25) is 0 Å². The molecular weight excluding hydrogens is 749 g/mol. The van der Waals surface area contributed by atoms with Crippen LogP contribution in [0.15, 0.2) is 70.7 Å². The fourth-order valence-electron chi connectivity index (χ4n) is 6.98. The van der Waals surface area contributed by atoms with E-state index in [-0.39, 0.29) is 36.9 Å². The first-order valence-corrected chi connectivity index (χ1v) is 18.7. The third kappa shape index (κ3) is 9.26. The Labute approximate surface area is 316 Å². The average Bonchev–Trinajstić information content (AvgIpc) is 3.99. The molecule has 0 unspecified atom stereocenters.